The topological polar surface area (TPSA) is 75.6 Å². The molecule has 5 nitrogen and oxygen atoms in total. The summed E-state index contributed by atoms with van der Waals surface area (Å²) in [5, 5.41) is 12.6. The van der Waals surface area contributed by atoms with Crippen LogP contribution in [0.3, 0.4) is 0 Å². The SMILES string of the molecule is Cc1c(Cl)cccc1NC(=O)COC(=O)c1ccc(-c2ccc(O)cc2)cc1. The summed E-state index contributed by atoms with van der Waals surface area (Å²) < 4.78 is 5.08. The lowest BCUT2D eigenvalue weighted by Gasteiger charge is -2.10. The van der Waals surface area contributed by atoms with Crippen LogP contribution in [0.2, 0.25) is 5.02 Å². The first-order chi connectivity index (χ1) is 13.4. The zero-order valence-electron chi connectivity index (χ0n) is 15.1. The highest BCUT2D eigenvalue weighted by atomic mass is 35.5. The van der Waals surface area contributed by atoms with Crippen LogP contribution >= 0.6 is 11.6 Å². The molecule has 0 saturated carbocycles. The second-order valence-electron chi connectivity index (χ2n) is 6.16. The summed E-state index contributed by atoms with van der Waals surface area (Å²) in [6.07, 6.45) is 0. The van der Waals surface area contributed by atoms with Crippen LogP contribution in [0.1, 0.15) is 15.9 Å². The molecule has 0 heterocycles. The van der Waals surface area contributed by atoms with Crippen LogP contribution in [0, 0.1) is 6.92 Å². The summed E-state index contributed by atoms with van der Waals surface area (Å²) >= 11 is 6.02. The van der Waals surface area contributed by atoms with Crippen LogP contribution in [0.5, 0.6) is 5.75 Å². The van der Waals surface area contributed by atoms with Gasteiger partial charge >= 0.3 is 5.97 Å². The van der Waals surface area contributed by atoms with Gasteiger partial charge in [0.1, 0.15) is 5.75 Å². The molecule has 0 atom stereocenters. The third kappa shape index (κ3) is 4.69. The summed E-state index contributed by atoms with van der Waals surface area (Å²) in [5.41, 5.74) is 3.47. The summed E-state index contributed by atoms with van der Waals surface area (Å²) in [6, 6.07) is 18.7. The average Bonchev–Trinajstić information content (AvgIpc) is 2.70. The third-order valence-electron chi connectivity index (χ3n) is 4.20. The van der Waals surface area contributed by atoms with E-state index in [1.807, 2.05) is 0 Å². The van der Waals surface area contributed by atoms with Crippen molar-refractivity contribution < 1.29 is 19.4 Å². The Hall–Kier alpha value is -3.31. The van der Waals surface area contributed by atoms with Gasteiger partial charge in [0.15, 0.2) is 6.61 Å². The van der Waals surface area contributed by atoms with E-state index in [2.05, 4.69) is 5.32 Å². The van der Waals surface area contributed by atoms with Gasteiger partial charge in [0.25, 0.3) is 5.91 Å². The Labute approximate surface area is 167 Å². The Morgan fingerprint density at radius 1 is 0.964 bits per heavy atom. The minimum Gasteiger partial charge on any atom is -0.508 e. The molecule has 28 heavy (non-hydrogen) atoms. The van der Waals surface area contributed by atoms with Gasteiger partial charge in [-0.3, -0.25) is 4.79 Å². The zero-order valence-corrected chi connectivity index (χ0v) is 15.9. The molecule has 0 saturated heterocycles. The molecule has 142 valence electrons. The molecule has 0 aliphatic rings. The van der Waals surface area contributed by atoms with Gasteiger partial charge < -0.3 is 15.2 Å². The molecule has 0 aliphatic heterocycles. The molecule has 1 amide bonds. The van der Waals surface area contributed by atoms with Crippen LogP contribution in [0.25, 0.3) is 11.1 Å². The van der Waals surface area contributed by atoms with Crippen molar-refractivity contribution in [2.75, 3.05) is 11.9 Å². The molecule has 6 heteroatoms. The van der Waals surface area contributed by atoms with E-state index in [1.165, 1.54) is 0 Å². The highest BCUT2D eigenvalue weighted by Crippen LogP contribution is 2.23. The van der Waals surface area contributed by atoms with Crippen molar-refractivity contribution in [2.45, 2.75) is 6.92 Å². The maximum atomic E-state index is 12.2. The molecular weight excluding hydrogens is 378 g/mol. The first-order valence-electron chi connectivity index (χ1n) is 8.55. The molecule has 2 N–H and O–H groups in total. The molecule has 0 aliphatic carbocycles. The maximum absolute atomic E-state index is 12.2. The van der Waals surface area contributed by atoms with Crippen molar-refractivity contribution in [3.8, 4) is 16.9 Å². The number of hydrogen-bond acceptors (Lipinski definition) is 4. The summed E-state index contributed by atoms with van der Waals surface area (Å²) in [4.78, 5) is 24.2. The largest absolute Gasteiger partial charge is 0.508 e. The van der Waals surface area contributed by atoms with Crippen molar-refractivity contribution >= 4 is 29.2 Å². The van der Waals surface area contributed by atoms with Gasteiger partial charge in [-0.05, 0) is 60.0 Å². The van der Waals surface area contributed by atoms with E-state index in [-0.39, 0.29) is 5.75 Å². The Morgan fingerprint density at radius 3 is 2.21 bits per heavy atom. The van der Waals surface area contributed by atoms with Crippen LogP contribution in [0.4, 0.5) is 5.69 Å². The molecule has 0 bridgehead atoms. The van der Waals surface area contributed by atoms with Crippen LogP contribution in [-0.4, -0.2) is 23.6 Å². The van der Waals surface area contributed by atoms with Gasteiger partial charge in [-0.2, -0.15) is 0 Å². The second kappa shape index (κ2) is 8.59. The second-order valence-corrected chi connectivity index (χ2v) is 6.57. The number of amides is 1. The molecule has 0 aromatic heterocycles. The number of hydrogen-bond donors (Lipinski definition) is 2. The van der Waals surface area contributed by atoms with Crippen LogP contribution in [-0.2, 0) is 9.53 Å². The van der Waals surface area contributed by atoms with E-state index in [0.717, 1.165) is 16.7 Å². The first-order valence-corrected chi connectivity index (χ1v) is 8.93. The van der Waals surface area contributed by atoms with Gasteiger partial charge in [0.05, 0.1) is 5.56 Å². The van der Waals surface area contributed by atoms with Gasteiger partial charge in [0, 0.05) is 10.7 Å². The summed E-state index contributed by atoms with van der Waals surface area (Å²) in [5.74, 6) is -0.843. The predicted molar refractivity (Wildman–Crippen MR) is 109 cm³/mol. The lowest BCUT2D eigenvalue weighted by atomic mass is 10.0. The van der Waals surface area contributed by atoms with Gasteiger partial charge in [-0.15, -0.1) is 0 Å². The van der Waals surface area contributed by atoms with Crippen molar-refractivity contribution in [2.24, 2.45) is 0 Å². The van der Waals surface area contributed by atoms with E-state index in [1.54, 1.807) is 73.7 Å². The number of ether oxygens (including phenoxy) is 1. The number of esters is 1. The standard InChI is InChI=1S/C22H18ClNO4/c1-14-19(23)3-2-4-20(14)24-21(26)13-28-22(27)17-7-5-15(6-8-17)16-9-11-18(25)12-10-16/h2-12,25H,13H2,1H3,(H,24,26). The number of phenolic OH excluding ortho intramolecular Hbond substituents is 1. The average molecular weight is 396 g/mol. The smallest absolute Gasteiger partial charge is 0.338 e. The number of nitrogens with one attached hydrogen (secondary N) is 1. The van der Waals surface area contributed by atoms with Crippen LogP contribution < -0.4 is 5.32 Å². The molecule has 3 aromatic carbocycles. The van der Waals surface area contributed by atoms with E-state index in [0.29, 0.717) is 16.3 Å². The van der Waals surface area contributed by atoms with Gasteiger partial charge in [0.2, 0.25) is 0 Å². The molecule has 0 radical (unpaired) electrons. The fourth-order valence-corrected chi connectivity index (χ4v) is 2.77. The predicted octanol–water partition coefficient (Wildman–Crippen LogP) is 4.82. The lowest BCUT2D eigenvalue weighted by molar-refractivity contribution is -0.119. The number of anilines is 1. The minimum absolute atomic E-state index is 0.190. The summed E-state index contributed by atoms with van der Waals surface area (Å²) in [7, 11) is 0. The number of phenols is 1. The van der Waals surface area contributed by atoms with Crippen molar-refractivity contribution in [1.82, 2.24) is 0 Å². The monoisotopic (exact) mass is 395 g/mol. The van der Waals surface area contributed by atoms with Crippen molar-refractivity contribution in [1.29, 1.82) is 0 Å². The lowest BCUT2D eigenvalue weighted by Crippen LogP contribution is -2.21. The number of carbonyl (C=O) groups is 2. The highest BCUT2D eigenvalue weighted by Gasteiger charge is 2.12. The van der Waals surface area contributed by atoms with Crippen molar-refractivity contribution in [3.05, 3.63) is 82.9 Å². The molecule has 0 fully saturated rings. The molecule has 3 rings (SSSR count). The minimum atomic E-state index is -0.588. The maximum Gasteiger partial charge on any atom is 0.338 e. The number of rotatable bonds is 5. The Bertz CT molecular complexity index is 998. The molecular formula is C22H18ClNO4. The quantitative estimate of drug-likeness (QED) is 0.607. The van der Waals surface area contributed by atoms with Crippen LogP contribution in [0.15, 0.2) is 66.7 Å². The fourth-order valence-electron chi connectivity index (χ4n) is 2.60. The fraction of sp³-hybridized carbons (Fsp3) is 0.0909. The first kappa shape index (κ1) is 19.5. The summed E-state index contributed by atoms with van der Waals surface area (Å²) in [6.45, 7) is 1.39. The Morgan fingerprint density at radius 2 is 1.57 bits per heavy atom. The van der Waals surface area contributed by atoms with Gasteiger partial charge in [-0.1, -0.05) is 41.9 Å². The third-order valence-corrected chi connectivity index (χ3v) is 4.61. The zero-order chi connectivity index (χ0) is 20.1. The number of carbonyl (C=O) groups excluding carboxylic acids is 2. The highest BCUT2D eigenvalue weighted by molar-refractivity contribution is 6.31. The number of aromatic hydroxyl groups is 1. The molecule has 3 aromatic rings. The van der Waals surface area contributed by atoms with Gasteiger partial charge in [-0.25, -0.2) is 4.79 Å². The number of halogens is 1. The van der Waals surface area contributed by atoms with E-state index in [9.17, 15) is 14.7 Å². The Kier molecular flexibility index (Phi) is 5.96. The van der Waals surface area contributed by atoms with E-state index < -0.39 is 18.5 Å². The Balaban J connectivity index is 1.58. The molecule has 0 unspecified atom stereocenters. The van der Waals surface area contributed by atoms with E-state index in [4.69, 9.17) is 16.3 Å². The van der Waals surface area contributed by atoms with Crippen molar-refractivity contribution in [3.63, 3.8) is 0 Å². The normalized spacial score (nSPS) is 10.4. The molecule has 0 spiro atoms. The van der Waals surface area contributed by atoms with E-state index >= 15 is 0 Å². The number of benzene rings is 3.